The molecule has 5 nitrogen and oxygen atoms in total. The highest BCUT2D eigenvalue weighted by atomic mass is 16.2. The lowest BCUT2D eigenvalue weighted by Gasteiger charge is -2.19. The van der Waals surface area contributed by atoms with E-state index in [1.54, 1.807) is 4.90 Å². The number of nitrogens with zero attached hydrogens (tertiary/aromatic N) is 1. The van der Waals surface area contributed by atoms with Crippen LogP contribution in [0.1, 0.15) is 46.0 Å². The topological polar surface area (TPSA) is 61.4 Å². The van der Waals surface area contributed by atoms with Gasteiger partial charge in [-0.25, -0.2) is 4.79 Å². The lowest BCUT2D eigenvalue weighted by Crippen LogP contribution is -2.41. The molecule has 0 heterocycles. The third-order valence-corrected chi connectivity index (χ3v) is 3.40. The summed E-state index contributed by atoms with van der Waals surface area (Å²) in [7, 11) is 0. The first kappa shape index (κ1) is 14.8. The van der Waals surface area contributed by atoms with E-state index in [1.165, 1.54) is 12.8 Å². The molecule has 104 valence electrons. The average Bonchev–Trinajstić information content (AvgIpc) is 2.83. The molecule has 0 radical (unpaired) electrons. The third-order valence-electron chi connectivity index (χ3n) is 3.40. The van der Waals surface area contributed by atoms with Crippen LogP contribution in [0, 0.1) is 0 Å². The Labute approximate surface area is 109 Å². The van der Waals surface area contributed by atoms with Crippen LogP contribution in [0.25, 0.3) is 0 Å². The number of urea groups is 1. The number of amides is 3. The molecule has 3 amide bonds. The number of carbonyl (C=O) groups excluding carboxylic acids is 2. The second-order valence-electron chi connectivity index (χ2n) is 4.70. The molecule has 18 heavy (non-hydrogen) atoms. The molecule has 1 rings (SSSR count). The molecule has 0 unspecified atom stereocenters. The zero-order chi connectivity index (χ0) is 13.4. The van der Waals surface area contributed by atoms with Gasteiger partial charge < -0.3 is 15.5 Å². The van der Waals surface area contributed by atoms with Crippen molar-refractivity contribution < 1.29 is 9.59 Å². The number of nitrogens with one attached hydrogen (secondary N) is 2. The Balaban J connectivity index is 2.12. The number of hydrogen-bond acceptors (Lipinski definition) is 2. The fourth-order valence-electron chi connectivity index (χ4n) is 2.28. The molecule has 1 aliphatic rings. The maximum absolute atomic E-state index is 11.6. The van der Waals surface area contributed by atoms with Gasteiger partial charge in [-0.15, -0.1) is 0 Å². The largest absolute Gasteiger partial charge is 0.353 e. The summed E-state index contributed by atoms with van der Waals surface area (Å²) in [4.78, 5) is 24.9. The molecular formula is C13H25N3O2. The minimum absolute atomic E-state index is 0.0433. The van der Waals surface area contributed by atoms with Gasteiger partial charge in [-0.3, -0.25) is 4.79 Å². The summed E-state index contributed by atoms with van der Waals surface area (Å²) < 4.78 is 0. The first-order valence-electron chi connectivity index (χ1n) is 6.99. The van der Waals surface area contributed by atoms with Crippen molar-refractivity contribution in [1.29, 1.82) is 0 Å². The molecular weight excluding hydrogens is 230 g/mol. The van der Waals surface area contributed by atoms with Crippen molar-refractivity contribution in [3.05, 3.63) is 0 Å². The Kier molecular flexibility index (Phi) is 6.54. The summed E-state index contributed by atoms with van der Waals surface area (Å²) in [6.07, 6.45) is 4.98. The number of carbonyl (C=O) groups is 2. The standard InChI is InChI=1S/C13H25N3O2/c1-3-16(4-2)13(18)14-10-9-12(17)15-11-7-5-6-8-11/h11H,3-10H2,1-2H3,(H,14,18)(H,15,17). The Morgan fingerprint density at radius 1 is 1.17 bits per heavy atom. The smallest absolute Gasteiger partial charge is 0.317 e. The Bertz CT molecular complexity index is 271. The van der Waals surface area contributed by atoms with Crippen LogP contribution >= 0.6 is 0 Å². The van der Waals surface area contributed by atoms with Crippen LogP contribution in [-0.4, -0.2) is 42.5 Å². The SMILES string of the molecule is CCN(CC)C(=O)NCCC(=O)NC1CCCC1. The fourth-order valence-corrected chi connectivity index (χ4v) is 2.28. The van der Waals surface area contributed by atoms with Gasteiger partial charge in [0.05, 0.1) is 0 Å². The molecule has 0 aromatic rings. The van der Waals surface area contributed by atoms with Crippen LogP contribution in [0.2, 0.25) is 0 Å². The zero-order valence-electron chi connectivity index (χ0n) is 11.5. The molecule has 1 fully saturated rings. The summed E-state index contributed by atoms with van der Waals surface area (Å²) in [5.74, 6) is 0.0433. The predicted octanol–water partition coefficient (Wildman–Crippen LogP) is 1.49. The predicted molar refractivity (Wildman–Crippen MR) is 71.3 cm³/mol. The first-order valence-corrected chi connectivity index (χ1v) is 6.99. The van der Waals surface area contributed by atoms with E-state index in [4.69, 9.17) is 0 Å². The zero-order valence-corrected chi connectivity index (χ0v) is 11.5. The van der Waals surface area contributed by atoms with Crippen molar-refractivity contribution in [2.24, 2.45) is 0 Å². The van der Waals surface area contributed by atoms with Gasteiger partial charge in [-0.05, 0) is 26.7 Å². The van der Waals surface area contributed by atoms with Gasteiger partial charge >= 0.3 is 6.03 Å². The van der Waals surface area contributed by atoms with E-state index in [9.17, 15) is 9.59 Å². The molecule has 0 bridgehead atoms. The van der Waals surface area contributed by atoms with Gasteiger partial charge in [0.25, 0.3) is 0 Å². The van der Waals surface area contributed by atoms with Crippen LogP contribution in [-0.2, 0) is 4.79 Å². The van der Waals surface area contributed by atoms with Crippen molar-refractivity contribution in [3.63, 3.8) is 0 Å². The molecule has 2 N–H and O–H groups in total. The van der Waals surface area contributed by atoms with E-state index in [2.05, 4.69) is 10.6 Å². The highest BCUT2D eigenvalue weighted by molar-refractivity contribution is 5.78. The van der Waals surface area contributed by atoms with Gasteiger partial charge in [-0.2, -0.15) is 0 Å². The molecule has 0 saturated heterocycles. The van der Waals surface area contributed by atoms with Gasteiger partial charge in [-0.1, -0.05) is 12.8 Å². The second kappa shape index (κ2) is 7.95. The Morgan fingerprint density at radius 3 is 2.33 bits per heavy atom. The van der Waals surface area contributed by atoms with E-state index in [0.717, 1.165) is 12.8 Å². The summed E-state index contributed by atoms with van der Waals surface area (Å²) >= 11 is 0. The monoisotopic (exact) mass is 255 g/mol. The minimum Gasteiger partial charge on any atom is -0.353 e. The van der Waals surface area contributed by atoms with E-state index >= 15 is 0 Å². The van der Waals surface area contributed by atoms with Gasteiger partial charge in [0.1, 0.15) is 0 Å². The maximum atomic E-state index is 11.6. The van der Waals surface area contributed by atoms with Crippen molar-refractivity contribution >= 4 is 11.9 Å². The van der Waals surface area contributed by atoms with Crippen LogP contribution in [0.4, 0.5) is 4.79 Å². The number of rotatable bonds is 6. The molecule has 1 saturated carbocycles. The second-order valence-corrected chi connectivity index (χ2v) is 4.70. The summed E-state index contributed by atoms with van der Waals surface area (Å²) in [6, 6.07) is 0.268. The van der Waals surface area contributed by atoms with Crippen molar-refractivity contribution in [3.8, 4) is 0 Å². The van der Waals surface area contributed by atoms with E-state index in [1.807, 2.05) is 13.8 Å². The first-order chi connectivity index (χ1) is 8.67. The van der Waals surface area contributed by atoms with Crippen molar-refractivity contribution in [2.75, 3.05) is 19.6 Å². The van der Waals surface area contributed by atoms with Crippen LogP contribution in [0.15, 0.2) is 0 Å². The normalized spacial score (nSPS) is 15.4. The summed E-state index contributed by atoms with van der Waals surface area (Å²) in [5, 5.41) is 5.77. The van der Waals surface area contributed by atoms with E-state index in [0.29, 0.717) is 32.1 Å². The van der Waals surface area contributed by atoms with Crippen LogP contribution < -0.4 is 10.6 Å². The molecule has 5 heteroatoms. The third kappa shape index (κ3) is 4.94. The average molecular weight is 255 g/mol. The quantitative estimate of drug-likeness (QED) is 0.755. The lowest BCUT2D eigenvalue weighted by atomic mass is 10.2. The summed E-state index contributed by atoms with van der Waals surface area (Å²) in [5.41, 5.74) is 0. The van der Waals surface area contributed by atoms with Crippen molar-refractivity contribution in [1.82, 2.24) is 15.5 Å². The van der Waals surface area contributed by atoms with Crippen LogP contribution in [0.3, 0.4) is 0 Å². The molecule has 1 aliphatic carbocycles. The summed E-state index contributed by atoms with van der Waals surface area (Å²) in [6.45, 7) is 5.67. The van der Waals surface area contributed by atoms with Gasteiger partial charge in [0, 0.05) is 32.1 Å². The minimum atomic E-state index is -0.0892. The van der Waals surface area contributed by atoms with E-state index < -0.39 is 0 Å². The Morgan fingerprint density at radius 2 is 1.78 bits per heavy atom. The lowest BCUT2D eigenvalue weighted by molar-refractivity contribution is -0.121. The molecule has 0 atom stereocenters. The molecule has 0 spiro atoms. The van der Waals surface area contributed by atoms with Crippen molar-refractivity contribution in [2.45, 2.75) is 52.0 Å². The van der Waals surface area contributed by atoms with E-state index in [-0.39, 0.29) is 11.9 Å². The Hall–Kier alpha value is -1.26. The van der Waals surface area contributed by atoms with Crippen LogP contribution in [0.5, 0.6) is 0 Å². The van der Waals surface area contributed by atoms with Gasteiger partial charge in [0.2, 0.25) is 5.91 Å². The maximum Gasteiger partial charge on any atom is 0.317 e. The van der Waals surface area contributed by atoms with Gasteiger partial charge in [0.15, 0.2) is 0 Å². The molecule has 0 aliphatic heterocycles. The fraction of sp³-hybridized carbons (Fsp3) is 0.846. The molecule has 0 aromatic heterocycles. The highest BCUT2D eigenvalue weighted by Crippen LogP contribution is 2.17. The number of hydrogen-bond donors (Lipinski definition) is 2. The highest BCUT2D eigenvalue weighted by Gasteiger charge is 2.17. The molecule has 0 aromatic carbocycles.